The summed E-state index contributed by atoms with van der Waals surface area (Å²) in [6, 6.07) is 8.58. The van der Waals surface area contributed by atoms with Crippen LogP contribution in [-0.2, 0) is 15.5 Å². The standard InChI is InChI=1S/C17H17F2NO4/c1-22-13-6-4-12(5-7-13)17(18,19)16(21)20-8-10-24-15(11-20)14-3-2-9-23-14/h2-7,9,15H,8,10-11H2,1H3/t15-/m1/s1. The van der Waals surface area contributed by atoms with Crippen molar-refractivity contribution in [3.63, 3.8) is 0 Å². The number of carbonyl (C=O) groups excluding carboxylic acids is 1. The third-order valence-corrected chi connectivity index (χ3v) is 3.94. The van der Waals surface area contributed by atoms with Gasteiger partial charge in [0, 0.05) is 12.1 Å². The van der Waals surface area contributed by atoms with Gasteiger partial charge in [-0.25, -0.2) is 0 Å². The van der Waals surface area contributed by atoms with Crippen LogP contribution < -0.4 is 4.74 Å². The molecule has 1 aliphatic rings. The van der Waals surface area contributed by atoms with E-state index in [-0.39, 0.29) is 25.3 Å². The van der Waals surface area contributed by atoms with E-state index < -0.39 is 17.9 Å². The Hall–Kier alpha value is -2.41. The summed E-state index contributed by atoms with van der Waals surface area (Å²) < 4.78 is 44.8. The van der Waals surface area contributed by atoms with Gasteiger partial charge in [-0.15, -0.1) is 0 Å². The summed E-state index contributed by atoms with van der Waals surface area (Å²) in [6.45, 7) is 0.315. The zero-order valence-corrected chi connectivity index (χ0v) is 13.1. The maximum Gasteiger partial charge on any atom is 0.349 e. The number of furan rings is 1. The van der Waals surface area contributed by atoms with Gasteiger partial charge in [0.25, 0.3) is 5.91 Å². The van der Waals surface area contributed by atoms with E-state index in [4.69, 9.17) is 13.9 Å². The average molecular weight is 337 g/mol. The lowest BCUT2D eigenvalue weighted by molar-refractivity contribution is -0.166. The van der Waals surface area contributed by atoms with Gasteiger partial charge in [-0.3, -0.25) is 4.79 Å². The molecule has 0 spiro atoms. The Kier molecular flexibility index (Phi) is 4.53. The SMILES string of the molecule is COc1ccc(C(F)(F)C(=O)N2CCO[C@@H](c3ccco3)C2)cc1. The Labute approximate surface area is 137 Å². The highest BCUT2D eigenvalue weighted by molar-refractivity contribution is 5.85. The van der Waals surface area contributed by atoms with Crippen molar-refractivity contribution in [3.8, 4) is 5.75 Å². The van der Waals surface area contributed by atoms with Crippen LogP contribution in [0.1, 0.15) is 17.4 Å². The van der Waals surface area contributed by atoms with Crippen molar-refractivity contribution in [1.29, 1.82) is 0 Å². The molecular weight excluding hydrogens is 320 g/mol. The number of morpholine rings is 1. The fraction of sp³-hybridized carbons (Fsp3) is 0.353. The van der Waals surface area contributed by atoms with Crippen LogP contribution >= 0.6 is 0 Å². The predicted molar refractivity (Wildman–Crippen MR) is 80.9 cm³/mol. The number of hydrogen-bond acceptors (Lipinski definition) is 4. The predicted octanol–water partition coefficient (Wildman–Crippen LogP) is 2.98. The first-order valence-corrected chi connectivity index (χ1v) is 7.49. The van der Waals surface area contributed by atoms with Crippen LogP contribution in [0, 0.1) is 0 Å². The Morgan fingerprint density at radius 3 is 2.67 bits per heavy atom. The highest BCUT2D eigenvalue weighted by atomic mass is 19.3. The smallest absolute Gasteiger partial charge is 0.349 e. The van der Waals surface area contributed by atoms with Gasteiger partial charge in [0.1, 0.15) is 17.6 Å². The number of amides is 1. The fourth-order valence-electron chi connectivity index (χ4n) is 2.60. The highest BCUT2D eigenvalue weighted by Crippen LogP contribution is 2.33. The topological polar surface area (TPSA) is 51.9 Å². The molecule has 1 aromatic heterocycles. The number of hydrogen-bond donors (Lipinski definition) is 0. The summed E-state index contributed by atoms with van der Waals surface area (Å²) in [7, 11) is 1.45. The molecule has 1 saturated heterocycles. The molecule has 2 aromatic rings. The minimum Gasteiger partial charge on any atom is -0.497 e. The second-order valence-electron chi connectivity index (χ2n) is 5.43. The van der Waals surface area contributed by atoms with Crippen molar-refractivity contribution in [2.24, 2.45) is 0 Å². The number of rotatable bonds is 4. The van der Waals surface area contributed by atoms with E-state index in [1.807, 2.05) is 0 Å². The van der Waals surface area contributed by atoms with Gasteiger partial charge in [-0.1, -0.05) is 0 Å². The highest BCUT2D eigenvalue weighted by Gasteiger charge is 2.45. The van der Waals surface area contributed by atoms with Gasteiger partial charge in [0.15, 0.2) is 0 Å². The lowest BCUT2D eigenvalue weighted by Crippen LogP contribution is -2.48. The van der Waals surface area contributed by atoms with Crippen LogP contribution in [0.3, 0.4) is 0 Å². The largest absolute Gasteiger partial charge is 0.497 e. The van der Waals surface area contributed by atoms with Crippen LogP contribution in [0.25, 0.3) is 0 Å². The molecule has 24 heavy (non-hydrogen) atoms. The maximum absolute atomic E-state index is 14.5. The van der Waals surface area contributed by atoms with Crippen molar-refractivity contribution in [2.75, 3.05) is 26.8 Å². The van der Waals surface area contributed by atoms with Crippen molar-refractivity contribution in [1.82, 2.24) is 4.90 Å². The lowest BCUT2D eigenvalue weighted by atomic mass is 10.1. The Morgan fingerprint density at radius 2 is 2.04 bits per heavy atom. The van der Waals surface area contributed by atoms with Gasteiger partial charge >= 0.3 is 5.92 Å². The van der Waals surface area contributed by atoms with E-state index in [0.717, 1.165) is 4.90 Å². The molecular formula is C17H17F2NO4. The van der Waals surface area contributed by atoms with E-state index >= 15 is 0 Å². The van der Waals surface area contributed by atoms with Crippen LogP contribution in [0.2, 0.25) is 0 Å². The summed E-state index contributed by atoms with van der Waals surface area (Å²) in [5.74, 6) is -3.89. The van der Waals surface area contributed by atoms with E-state index in [0.29, 0.717) is 11.5 Å². The van der Waals surface area contributed by atoms with E-state index in [1.165, 1.54) is 37.6 Å². The molecule has 7 heteroatoms. The lowest BCUT2D eigenvalue weighted by Gasteiger charge is -2.34. The number of carbonyl (C=O) groups is 1. The third kappa shape index (κ3) is 3.12. The summed E-state index contributed by atoms with van der Waals surface area (Å²) >= 11 is 0. The summed E-state index contributed by atoms with van der Waals surface area (Å²) in [4.78, 5) is 13.5. The van der Waals surface area contributed by atoms with Gasteiger partial charge in [-0.05, 0) is 36.4 Å². The number of ether oxygens (including phenoxy) is 2. The first-order valence-electron chi connectivity index (χ1n) is 7.49. The molecule has 128 valence electrons. The van der Waals surface area contributed by atoms with Crippen molar-refractivity contribution in [2.45, 2.75) is 12.0 Å². The molecule has 0 radical (unpaired) electrons. The normalized spacial score (nSPS) is 18.5. The van der Waals surface area contributed by atoms with Crippen LogP contribution in [-0.4, -0.2) is 37.6 Å². The Bertz CT molecular complexity index is 685. The molecule has 3 rings (SSSR count). The maximum atomic E-state index is 14.5. The molecule has 5 nitrogen and oxygen atoms in total. The van der Waals surface area contributed by atoms with Gasteiger partial charge in [-0.2, -0.15) is 8.78 Å². The third-order valence-electron chi connectivity index (χ3n) is 3.94. The van der Waals surface area contributed by atoms with Gasteiger partial charge < -0.3 is 18.8 Å². The molecule has 0 aliphatic carbocycles. The molecule has 0 unspecified atom stereocenters. The van der Waals surface area contributed by atoms with Gasteiger partial charge in [0.05, 0.1) is 26.5 Å². The van der Waals surface area contributed by atoms with Crippen molar-refractivity contribution < 1.29 is 27.5 Å². The van der Waals surface area contributed by atoms with E-state index in [1.54, 1.807) is 12.1 Å². The molecule has 1 fully saturated rings. The number of halogens is 2. The number of nitrogens with zero attached hydrogens (tertiary/aromatic N) is 1. The number of methoxy groups -OCH3 is 1. The Morgan fingerprint density at radius 1 is 1.29 bits per heavy atom. The minimum atomic E-state index is -3.61. The molecule has 0 bridgehead atoms. The second-order valence-corrected chi connectivity index (χ2v) is 5.43. The van der Waals surface area contributed by atoms with Crippen LogP contribution in [0.4, 0.5) is 8.78 Å². The zero-order valence-electron chi connectivity index (χ0n) is 13.1. The quantitative estimate of drug-likeness (QED) is 0.861. The first kappa shape index (κ1) is 16.4. The van der Waals surface area contributed by atoms with Crippen LogP contribution in [0.15, 0.2) is 47.1 Å². The summed E-state index contributed by atoms with van der Waals surface area (Å²) in [5.41, 5.74) is -0.366. The number of benzene rings is 1. The molecule has 1 atom stereocenters. The summed E-state index contributed by atoms with van der Waals surface area (Å²) in [6.07, 6.45) is 0.940. The van der Waals surface area contributed by atoms with Crippen molar-refractivity contribution >= 4 is 5.91 Å². The molecule has 0 N–H and O–H groups in total. The molecule has 1 aliphatic heterocycles. The minimum absolute atomic E-state index is 0.0259. The van der Waals surface area contributed by atoms with Crippen LogP contribution in [0.5, 0.6) is 5.75 Å². The fourth-order valence-corrected chi connectivity index (χ4v) is 2.60. The van der Waals surface area contributed by atoms with E-state index in [9.17, 15) is 13.6 Å². The van der Waals surface area contributed by atoms with Crippen molar-refractivity contribution in [3.05, 3.63) is 54.0 Å². The Balaban J connectivity index is 1.76. The molecule has 0 saturated carbocycles. The molecule has 1 aromatic carbocycles. The monoisotopic (exact) mass is 337 g/mol. The van der Waals surface area contributed by atoms with Gasteiger partial charge in [0.2, 0.25) is 0 Å². The average Bonchev–Trinajstić information content (AvgIpc) is 3.16. The molecule has 1 amide bonds. The zero-order chi connectivity index (χ0) is 17.2. The number of alkyl halides is 2. The van der Waals surface area contributed by atoms with E-state index in [2.05, 4.69) is 0 Å². The first-order chi connectivity index (χ1) is 11.5. The molecule has 2 heterocycles. The second kappa shape index (κ2) is 6.60. The summed E-state index contributed by atoms with van der Waals surface area (Å²) in [5, 5.41) is 0.